The number of carbonyl (C=O) groups excluding carboxylic acids is 1. The minimum absolute atomic E-state index is 0.0888. The lowest BCUT2D eigenvalue weighted by Crippen LogP contribution is -2.18. The minimum Gasteiger partial charge on any atom is -0.508 e. The molecule has 1 N–H and O–H groups in total. The first-order valence-electron chi connectivity index (χ1n) is 11.6. The molecule has 35 heavy (non-hydrogen) atoms. The fourth-order valence-corrected chi connectivity index (χ4v) is 4.42. The van der Waals surface area contributed by atoms with Crippen molar-refractivity contribution in [2.75, 3.05) is 13.7 Å². The van der Waals surface area contributed by atoms with Crippen LogP contribution in [-0.4, -0.2) is 41.2 Å². The summed E-state index contributed by atoms with van der Waals surface area (Å²) in [5.41, 5.74) is 5.16. The van der Waals surface area contributed by atoms with Crippen LogP contribution in [0, 0.1) is 6.92 Å². The topological polar surface area (TPSA) is 82.3 Å². The largest absolute Gasteiger partial charge is 0.508 e. The predicted octanol–water partition coefficient (Wildman–Crippen LogP) is 5.56. The van der Waals surface area contributed by atoms with E-state index in [4.69, 9.17) is 14.3 Å². The van der Waals surface area contributed by atoms with E-state index >= 15 is 0 Å². The third-order valence-electron chi connectivity index (χ3n) is 5.90. The van der Waals surface area contributed by atoms with E-state index in [0.717, 1.165) is 50.8 Å². The number of aryl methyl sites for hydroxylation is 2. The van der Waals surface area contributed by atoms with Gasteiger partial charge in [0, 0.05) is 53.5 Å². The molecule has 1 heterocycles. The highest BCUT2D eigenvalue weighted by Gasteiger charge is 2.17. The van der Waals surface area contributed by atoms with Crippen molar-refractivity contribution in [1.82, 2.24) is 4.57 Å². The van der Waals surface area contributed by atoms with Crippen LogP contribution < -0.4 is 4.74 Å². The second kappa shape index (κ2) is 10.2. The summed E-state index contributed by atoms with van der Waals surface area (Å²) >= 11 is 0. The van der Waals surface area contributed by atoms with Crippen LogP contribution in [-0.2, 0) is 20.9 Å². The van der Waals surface area contributed by atoms with Gasteiger partial charge < -0.3 is 24.0 Å². The Morgan fingerprint density at radius 3 is 2.43 bits per heavy atom. The fraction of sp³-hybridized carbons (Fsp3) is 0.286. The number of oxime groups is 1. The molecule has 1 atom stereocenters. The SMILES string of the molecule is CCn1c2ccc(O)cc2c2cc(/C(=N/OC(C)=O)c3ccc(OC(C)COC)cc3C)ccc21. The first-order valence-corrected chi connectivity index (χ1v) is 11.6. The molecule has 0 fully saturated rings. The Hall–Kier alpha value is -3.84. The van der Waals surface area contributed by atoms with Crippen molar-refractivity contribution in [2.45, 2.75) is 40.3 Å². The van der Waals surface area contributed by atoms with E-state index in [9.17, 15) is 9.90 Å². The predicted molar refractivity (Wildman–Crippen MR) is 137 cm³/mol. The summed E-state index contributed by atoms with van der Waals surface area (Å²) in [6.45, 7) is 8.60. The van der Waals surface area contributed by atoms with Crippen molar-refractivity contribution in [3.05, 3.63) is 71.3 Å². The van der Waals surface area contributed by atoms with Crippen molar-refractivity contribution in [3.63, 3.8) is 0 Å². The van der Waals surface area contributed by atoms with Crippen LogP contribution in [0.3, 0.4) is 0 Å². The first kappa shape index (κ1) is 24.3. The molecule has 0 aliphatic heterocycles. The summed E-state index contributed by atoms with van der Waals surface area (Å²) in [5.74, 6) is 0.433. The summed E-state index contributed by atoms with van der Waals surface area (Å²) < 4.78 is 13.3. The molecule has 7 heteroatoms. The molecule has 0 aliphatic rings. The van der Waals surface area contributed by atoms with Crippen molar-refractivity contribution in [2.24, 2.45) is 5.16 Å². The summed E-state index contributed by atoms with van der Waals surface area (Å²) in [5, 5.41) is 16.3. The average Bonchev–Trinajstić information content (AvgIpc) is 3.12. The number of aromatic hydroxyl groups is 1. The lowest BCUT2D eigenvalue weighted by molar-refractivity contribution is -0.140. The van der Waals surface area contributed by atoms with Gasteiger partial charge in [0.1, 0.15) is 23.3 Å². The normalized spacial score (nSPS) is 12.8. The molecule has 0 bridgehead atoms. The summed E-state index contributed by atoms with van der Waals surface area (Å²) in [6, 6.07) is 17.1. The van der Waals surface area contributed by atoms with Gasteiger partial charge in [0.25, 0.3) is 0 Å². The molecule has 4 aromatic rings. The number of aromatic nitrogens is 1. The van der Waals surface area contributed by atoms with Crippen LogP contribution in [0.2, 0.25) is 0 Å². The second-order valence-electron chi connectivity index (χ2n) is 8.56. The van der Waals surface area contributed by atoms with Gasteiger partial charge in [-0.25, -0.2) is 4.79 Å². The van der Waals surface area contributed by atoms with E-state index in [-0.39, 0.29) is 11.9 Å². The van der Waals surface area contributed by atoms with E-state index in [1.54, 1.807) is 19.2 Å². The fourth-order valence-electron chi connectivity index (χ4n) is 4.42. The maximum atomic E-state index is 11.6. The molecule has 3 aromatic carbocycles. The van der Waals surface area contributed by atoms with Crippen molar-refractivity contribution >= 4 is 33.5 Å². The molecule has 1 aromatic heterocycles. The molecule has 0 radical (unpaired) electrons. The molecular weight excluding hydrogens is 444 g/mol. The molecule has 0 aliphatic carbocycles. The van der Waals surface area contributed by atoms with Crippen LogP contribution >= 0.6 is 0 Å². The van der Waals surface area contributed by atoms with Gasteiger partial charge >= 0.3 is 5.97 Å². The molecular formula is C28H30N2O5. The van der Waals surface area contributed by atoms with E-state index in [1.165, 1.54) is 6.92 Å². The maximum absolute atomic E-state index is 11.6. The molecule has 0 amide bonds. The smallest absolute Gasteiger partial charge is 0.332 e. The Balaban J connectivity index is 1.84. The number of benzene rings is 3. The van der Waals surface area contributed by atoms with Gasteiger partial charge in [0.2, 0.25) is 0 Å². The molecule has 7 nitrogen and oxygen atoms in total. The van der Waals surface area contributed by atoms with Gasteiger partial charge in [-0.1, -0.05) is 11.2 Å². The lowest BCUT2D eigenvalue weighted by Gasteiger charge is -2.16. The monoisotopic (exact) mass is 474 g/mol. The summed E-state index contributed by atoms with van der Waals surface area (Å²) in [7, 11) is 1.64. The van der Waals surface area contributed by atoms with Crippen LogP contribution in [0.25, 0.3) is 21.8 Å². The molecule has 0 spiro atoms. The van der Waals surface area contributed by atoms with Crippen LogP contribution in [0.1, 0.15) is 37.5 Å². The number of ether oxygens (including phenoxy) is 2. The van der Waals surface area contributed by atoms with E-state index in [1.807, 2.05) is 56.3 Å². The van der Waals surface area contributed by atoms with E-state index < -0.39 is 5.97 Å². The highest BCUT2D eigenvalue weighted by atomic mass is 16.7. The average molecular weight is 475 g/mol. The van der Waals surface area contributed by atoms with Gasteiger partial charge in [-0.3, -0.25) is 0 Å². The Morgan fingerprint density at radius 2 is 1.77 bits per heavy atom. The van der Waals surface area contributed by atoms with E-state index in [0.29, 0.717) is 12.3 Å². The minimum atomic E-state index is -0.498. The number of fused-ring (bicyclic) bond motifs is 3. The highest BCUT2D eigenvalue weighted by molar-refractivity contribution is 6.17. The number of carbonyl (C=O) groups is 1. The Morgan fingerprint density at radius 1 is 1.06 bits per heavy atom. The number of rotatable bonds is 8. The lowest BCUT2D eigenvalue weighted by atomic mass is 9.96. The van der Waals surface area contributed by atoms with E-state index in [2.05, 4.69) is 16.6 Å². The first-order chi connectivity index (χ1) is 16.8. The molecule has 182 valence electrons. The third kappa shape index (κ3) is 5.00. The van der Waals surface area contributed by atoms with Gasteiger partial charge in [-0.05, 0) is 74.9 Å². The van der Waals surface area contributed by atoms with Crippen molar-refractivity contribution in [3.8, 4) is 11.5 Å². The summed E-state index contributed by atoms with van der Waals surface area (Å²) in [6.07, 6.45) is -0.0888. The molecule has 0 saturated heterocycles. The Bertz CT molecular complexity index is 1420. The number of phenols is 1. The van der Waals surface area contributed by atoms with Crippen LogP contribution in [0.15, 0.2) is 59.8 Å². The number of methoxy groups -OCH3 is 1. The molecule has 4 rings (SSSR count). The third-order valence-corrected chi connectivity index (χ3v) is 5.90. The highest BCUT2D eigenvalue weighted by Crippen LogP contribution is 2.33. The number of hydrogen-bond acceptors (Lipinski definition) is 6. The van der Waals surface area contributed by atoms with Gasteiger partial charge in [-0.15, -0.1) is 0 Å². The van der Waals surface area contributed by atoms with Crippen molar-refractivity contribution < 1.29 is 24.2 Å². The number of nitrogens with zero attached hydrogens (tertiary/aromatic N) is 2. The van der Waals surface area contributed by atoms with Gasteiger partial charge in [0.05, 0.1) is 6.61 Å². The summed E-state index contributed by atoms with van der Waals surface area (Å²) in [4.78, 5) is 16.7. The zero-order valence-corrected chi connectivity index (χ0v) is 20.7. The number of phenolic OH excluding ortho intramolecular Hbond substituents is 1. The Labute approximate surface area is 204 Å². The van der Waals surface area contributed by atoms with Gasteiger partial charge in [0.15, 0.2) is 0 Å². The van der Waals surface area contributed by atoms with Crippen molar-refractivity contribution in [1.29, 1.82) is 0 Å². The molecule has 1 unspecified atom stereocenters. The van der Waals surface area contributed by atoms with Crippen LogP contribution in [0.4, 0.5) is 0 Å². The maximum Gasteiger partial charge on any atom is 0.332 e. The Kier molecular flexibility index (Phi) is 7.07. The molecule has 0 saturated carbocycles. The number of hydrogen-bond donors (Lipinski definition) is 1. The zero-order valence-electron chi connectivity index (χ0n) is 20.7. The van der Waals surface area contributed by atoms with Gasteiger partial charge in [-0.2, -0.15) is 0 Å². The standard InChI is InChI=1S/C28H30N2O5/c1-6-30-26-11-7-20(14-24(26)25-15-21(32)8-12-27(25)30)28(29-35-19(4)31)23-10-9-22(13-17(23)2)34-18(3)16-33-5/h7-15,18,32H,6,16H2,1-5H3/b29-28-. The quantitative estimate of drug-likeness (QED) is 0.205. The zero-order chi connectivity index (χ0) is 25.1. The second-order valence-corrected chi connectivity index (χ2v) is 8.56. The van der Waals surface area contributed by atoms with Crippen LogP contribution in [0.5, 0.6) is 11.5 Å².